The first kappa shape index (κ1) is 6.52. The SMILES string of the molecule is C1COCO1.[LiH]. The first-order valence-electron chi connectivity index (χ1n) is 1.65. The van der Waals surface area contributed by atoms with Gasteiger partial charge in [-0.1, -0.05) is 0 Å². The molecule has 1 saturated heterocycles. The second-order valence-corrected chi connectivity index (χ2v) is 0.934. The van der Waals surface area contributed by atoms with E-state index in [1.54, 1.807) is 0 Å². The maximum absolute atomic E-state index is 4.72. The van der Waals surface area contributed by atoms with Crippen molar-refractivity contribution in [3.63, 3.8) is 0 Å². The standard InChI is InChI=1S/C3H6O2.Li.H/c1-2-5-3-4-1;;/h1-3H2;;. The molecule has 0 bridgehead atoms. The molecule has 0 radical (unpaired) electrons. The molecule has 3 heteroatoms. The Morgan fingerprint density at radius 2 is 1.50 bits per heavy atom. The summed E-state index contributed by atoms with van der Waals surface area (Å²) in [5.41, 5.74) is 0. The van der Waals surface area contributed by atoms with E-state index in [-0.39, 0.29) is 18.9 Å². The first-order valence-corrected chi connectivity index (χ1v) is 1.65. The second-order valence-electron chi connectivity index (χ2n) is 0.934. The molecule has 0 saturated carbocycles. The van der Waals surface area contributed by atoms with E-state index in [0.717, 1.165) is 13.2 Å². The first-order chi connectivity index (χ1) is 2.50. The minimum atomic E-state index is 0. The summed E-state index contributed by atoms with van der Waals surface area (Å²) in [6, 6.07) is 0. The van der Waals surface area contributed by atoms with Crippen LogP contribution in [0.1, 0.15) is 0 Å². The van der Waals surface area contributed by atoms with Crippen molar-refractivity contribution in [3.8, 4) is 0 Å². The van der Waals surface area contributed by atoms with Crippen molar-refractivity contribution >= 4 is 18.9 Å². The fourth-order valence-electron chi connectivity index (χ4n) is 0.295. The quantitative estimate of drug-likeness (QED) is 0.361. The Balaban J connectivity index is 0.000000250. The van der Waals surface area contributed by atoms with Crippen molar-refractivity contribution in [2.75, 3.05) is 20.0 Å². The van der Waals surface area contributed by atoms with Crippen LogP contribution in [0, 0.1) is 0 Å². The van der Waals surface area contributed by atoms with Gasteiger partial charge in [-0.2, -0.15) is 0 Å². The normalized spacial score (nSPS) is 20.0. The van der Waals surface area contributed by atoms with E-state index in [9.17, 15) is 0 Å². The molecule has 0 aromatic carbocycles. The van der Waals surface area contributed by atoms with E-state index in [4.69, 9.17) is 9.47 Å². The fraction of sp³-hybridized carbons (Fsp3) is 1.00. The molecule has 0 amide bonds. The third kappa shape index (κ3) is 1.84. The van der Waals surface area contributed by atoms with Crippen LogP contribution in [0.2, 0.25) is 0 Å². The van der Waals surface area contributed by atoms with Gasteiger partial charge in [0.1, 0.15) is 6.79 Å². The molecule has 0 unspecified atom stereocenters. The Morgan fingerprint density at radius 1 is 1.00 bits per heavy atom. The van der Waals surface area contributed by atoms with Gasteiger partial charge in [0, 0.05) is 0 Å². The zero-order valence-electron chi connectivity index (χ0n) is 2.94. The molecule has 32 valence electrons. The van der Waals surface area contributed by atoms with Crippen LogP contribution in [0.3, 0.4) is 0 Å². The van der Waals surface area contributed by atoms with Gasteiger partial charge < -0.3 is 9.47 Å². The molecule has 6 heavy (non-hydrogen) atoms. The topological polar surface area (TPSA) is 18.5 Å². The number of ether oxygens (including phenoxy) is 2. The number of hydrogen-bond donors (Lipinski definition) is 0. The molecule has 0 atom stereocenters. The van der Waals surface area contributed by atoms with Crippen LogP contribution in [-0.2, 0) is 9.47 Å². The number of hydrogen-bond acceptors (Lipinski definition) is 2. The van der Waals surface area contributed by atoms with Crippen LogP contribution < -0.4 is 0 Å². The van der Waals surface area contributed by atoms with Crippen LogP contribution in [0.15, 0.2) is 0 Å². The number of rotatable bonds is 0. The summed E-state index contributed by atoms with van der Waals surface area (Å²) < 4.78 is 9.44. The summed E-state index contributed by atoms with van der Waals surface area (Å²) in [4.78, 5) is 0. The molecular weight excluding hydrogens is 75.0 g/mol. The Kier molecular flexibility index (Phi) is 4.02. The average molecular weight is 82.0 g/mol. The molecule has 0 N–H and O–H groups in total. The minimum absolute atomic E-state index is 0. The van der Waals surface area contributed by atoms with Gasteiger partial charge in [-0.25, -0.2) is 0 Å². The summed E-state index contributed by atoms with van der Waals surface area (Å²) in [7, 11) is 0. The molecule has 1 aliphatic rings. The van der Waals surface area contributed by atoms with Crippen molar-refractivity contribution in [2.24, 2.45) is 0 Å². The van der Waals surface area contributed by atoms with E-state index in [0.29, 0.717) is 6.79 Å². The summed E-state index contributed by atoms with van der Waals surface area (Å²) in [5, 5.41) is 0. The van der Waals surface area contributed by atoms with Gasteiger partial charge in [0.15, 0.2) is 0 Å². The molecule has 0 aliphatic carbocycles. The van der Waals surface area contributed by atoms with Gasteiger partial charge in [-0.15, -0.1) is 0 Å². The third-order valence-electron chi connectivity index (χ3n) is 0.539. The third-order valence-corrected chi connectivity index (χ3v) is 0.539. The molecule has 0 spiro atoms. The fourth-order valence-corrected chi connectivity index (χ4v) is 0.295. The Hall–Kier alpha value is 0.517. The van der Waals surface area contributed by atoms with Crippen LogP contribution in [0.25, 0.3) is 0 Å². The van der Waals surface area contributed by atoms with Crippen LogP contribution in [-0.4, -0.2) is 38.9 Å². The zero-order chi connectivity index (χ0) is 3.54. The summed E-state index contributed by atoms with van der Waals surface area (Å²) in [6.07, 6.45) is 0. The molecule has 0 aromatic heterocycles. The molecule has 1 heterocycles. The van der Waals surface area contributed by atoms with Gasteiger partial charge in [0.05, 0.1) is 13.2 Å². The van der Waals surface area contributed by atoms with Gasteiger partial charge in [0.2, 0.25) is 0 Å². The van der Waals surface area contributed by atoms with Gasteiger partial charge >= 0.3 is 18.9 Å². The van der Waals surface area contributed by atoms with E-state index in [2.05, 4.69) is 0 Å². The summed E-state index contributed by atoms with van der Waals surface area (Å²) >= 11 is 0. The Morgan fingerprint density at radius 3 is 1.67 bits per heavy atom. The predicted molar refractivity (Wildman–Crippen MR) is 23.9 cm³/mol. The van der Waals surface area contributed by atoms with E-state index >= 15 is 0 Å². The van der Waals surface area contributed by atoms with Gasteiger partial charge in [-0.05, 0) is 0 Å². The van der Waals surface area contributed by atoms with E-state index < -0.39 is 0 Å². The van der Waals surface area contributed by atoms with Crippen molar-refractivity contribution in [3.05, 3.63) is 0 Å². The zero-order valence-corrected chi connectivity index (χ0v) is 2.94. The van der Waals surface area contributed by atoms with Crippen LogP contribution >= 0.6 is 0 Å². The van der Waals surface area contributed by atoms with E-state index in [1.807, 2.05) is 0 Å². The van der Waals surface area contributed by atoms with Crippen molar-refractivity contribution in [2.45, 2.75) is 0 Å². The Bertz CT molecular complexity index is 20.4. The summed E-state index contributed by atoms with van der Waals surface area (Å²) in [5.74, 6) is 0. The van der Waals surface area contributed by atoms with Crippen molar-refractivity contribution in [1.29, 1.82) is 0 Å². The molecule has 1 fully saturated rings. The molecule has 2 nitrogen and oxygen atoms in total. The molecular formula is C3H7LiO2. The van der Waals surface area contributed by atoms with Crippen LogP contribution in [0.5, 0.6) is 0 Å². The average Bonchev–Trinajstić information content (AvgIpc) is 1.76. The van der Waals surface area contributed by atoms with Crippen LogP contribution in [0.4, 0.5) is 0 Å². The maximum atomic E-state index is 4.72. The van der Waals surface area contributed by atoms with Crippen molar-refractivity contribution < 1.29 is 9.47 Å². The molecule has 0 aromatic rings. The van der Waals surface area contributed by atoms with Crippen molar-refractivity contribution in [1.82, 2.24) is 0 Å². The molecule has 1 rings (SSSR count). The molecule has 1 aliphatic heterocycles. The van der Waals surface area contributed by atoms with Gasteiger partial charge in [-0.3, -0.25) is 0 Å². The monoisotopic (exact) mass is 82.1 g/mol. The van der Waals surface area contributed by atoms with E-state index in [1.165, 1.54) is 0 Å². The Labute approximate surface area is 49.0 Å². The van der Waals surface area contributed by atoms with Gasteiger partial charge in [0.25, 0.3) is 0 Å². The summed E-state index contributed by atoms with van der Waals surface area (Å²) in [6.45, 7) is 2.06. The second kappa shape index (κ2) is 3.70. The predicted octanol–water partition coefficient (Wildman–Crippen LogP) is -0.658.